The van der Waals surface area contributed by atoms with E-state index in [0.29, 0.717) is 23.7 Å². The van der Waals surface area contributed by atoms with Crippen LogP contribution in [0.2, 0.25) is 5.02 Å². The van der Waals surface area contributed by atoms with E-state index in [-0.39, 0.29) is 17.9 Å². The van der Waals surface area contributed by atoms with Gasteiger partial charge in [-0.1, -0.05) is 35.9 Å². The highest BCUT2D eigenvalue weighted by atomic mass is 35.5. The summed E-state index contributed by atoms with van der Waals surface area (Å²) in [4.78, 5) is 24.9. The van der Waals surface area contributed by atoms with Gasteiger partial charge in [-0.25, -0.2) is 0 Å². The van der Waals surface area contributed by atoms with Crippen LogP contribution in [0.15, 0.2) is 48.5 Å². The van der Waals surface area contributed by atoms with Crippen molar-refractivity contribution in [3.63, 3.8) is 0 Å². The minimum Gasteiger partial charge on any atom is -0.355 e. The molecule has 0 aliphatic carbocycles. The van der Waals surface area contributed by atoms with Crippen molar-refractivity contribution in [2.24, 2.45) is 0 Å². The summed E-state index contributed by atoms with van der Waals surface area (Å²) in [7, 11) is 3.58. The topological polar surface area (TPSA) is 62.6 Å². The SMILES string of the molecule is CNC(=O)c1ccc(C[NH+](C)CC(=O)N[C@@H](C)c2ccc(Cl)cc2)cc1. The van der Waals surface area contributed by atoms with Crippen molar-refractivity contribution >= 4 is 23.4 Å². The van der Waals surface area contributed by atoms with Crippen LogP contribution in [0.3, 0.4) is 0 Å². The normalized spacial score (nSPS) is 12.9. The lowest BCUT2D eigenvalue weighted by atomic mass is 10.1. The molecular weight excluding hydrogens is 350 g/mol. The molecule has 5 nitrogen and oxygen atoms in total. The zero-order valence-electron chi connectivity index (χ0n) is 15.3. The Morgan fingerprint density at radius 3 is 2.27 bits per heavy atom. The molecule has 26 heavy (non-hydrogen) atoms. The molecule has 138 valence electrons. The van der Waals surface area contributed by atoms with Crippen LogP contribution < -0.4 is 15.5 Å². The van der Waals surface area contributed by atoms with Gasteiger partial charge in [0, 0.05) is 23.2 Å². The predicted molar refractivity (Wildman–Crippen MR) is 103 cm³/mol. The third kappa shape index (κ3) is 5.86. The van der Waals surface area contributed by atoms with Crippen LogP contribution in [0.4, 0.5) is 0 Å². The Labute approximate surface area is 159 Å². The van der Waals surface area contributed by atoms with E-state index in [9.17, 15) is 9.59 Å². The Morgan fingerprint density at radius 2 is 1.69 bits per heavy atom. The Kier molecular flexibility index (Phi) is 7.18. The van der Waals surface area contributed by atoms with Crippen LogP contribution in [0.1, 0.15) is 34.5 Å². The highest BCUT2D eigenvalue weighted by molar-refractivity contribution is 6.30. The molecule has 0 bridgehead atoms. The second-order valence-electron chi connectivity index (χ2n) is 6.43. The number of hydrogen-bond acceptors (Lipinski definition) is 2. The highest BCUT2D eigenvalue weighted by Crippen LogP contribution is 2.15. The first-order valence-corrected chi connectivity index (χ1v) is 8.94. The minimum atomic E-state index is -0.104. The quantitative estimate of drug-likeness (QED) is 0.689. The molecule has 3 N–H and O–H groups in total. The molecule has 1 unspecified atom stereocenters. The summed E-state index contributed by atoms with van der Waals surface area (Å²) in [5, 5.41) is 6.29. The Hall–Kier alpha value is -2.37. The Morgan fingerprint density at radius 1 is 1.08 bits per heavy atom. The van der Waals surface area contributed by atoms with Crippen molar-refractivity contribution < 1.29 is 14.5 Å². The molecule has 0 aromatic heterocycles. The number of nitrogens with one attached hydrogen (secondary N) is 3. The lowest BCUT2D eigenvalue weighted by Crippen LogP contribution is -3.08. The van der Waals surface area contributed by atoms with Gasteiger partial charge in [-0.15, -0.1) is 0 Å². The molecule has 0 heterocycles. The monoisotopic (exact) mass is 374 g/mol. The standard InChI is InChI=1S/C20H24ClN3O2/c1-14(16-8-10-18(21)11-9-16)23-19(25)13-24(3)12-15-4-6-17(7-5-15)20(26)22-2/h4-11,14H,12-13H2,1-3H3,(H,22,26)(H,23,25)/p+1/t14-/m0/s1. The first-order valence-electron chi connectivity index (χ1n) is 8.56. The molecule has 2 amide bonds. The zero-order valence-corrected chi connectivity index (χ0v) is 16.1. The summed E-state index contributed by atoms with van der Waals surface area (Å²) in [6, 6.07) is 14.8. The molecule has 0 aliphatic rings. The van der Waals surface area contributed by atoms with Gasteiger partial charge in [0.1, 0.15) is 6.54 Å². The maximum atomic E-state index is 12.3. The van der Waals surface area contributed by atoms with Crippen molar-refractivity contribution in [3.8, 4) is 0 Å². The molecule has 0 spiro atoms. The average Bonchev–Trinajstić information content (AvgIpc) is 2.61. The predicted octanol–water partition coefficient (Wildman–Crippen LogP) is 1.59. The smallest absolute Gasteiger partial charge is 0.275 e. The van der Waals surface area contributed by atoms with E-state index in [2.05, 4.69) is 10.6 Å². The lowest BCUT2D eigenvalue weighted by molar-refractivity contribution is -0.885. The van der Waals surface area contributed by atoms with Gasteiger partial charge in [-0.3, -0.25) is 9.59 Å². The summed E-state index contributed by atoms with van der Waals surface area (Å²) in [5.74, 6) is -0.111. The van der Waals surface area contributed by atoms with Crippen LogP contribution in [0.5, 0.6) is 0 Å². The number of amides is 2. The molecule has 2 aromatic carbocycles. The molecule has 0 saturated heterocycles. The van der Waals surface area contributed by atoms with E-state index >= 15 is 0 Å². The van der Waals surface area contributed by atoms with Crippen LogP contribution in [-0.2, 0) is 11.3 Å². The van der Waals surface area contributed by atoms with Gasteiger partial charge in [0.2, 0.25) is 0 Å². The van der Waals surface area contributed by atoms with Crippen LogP contribution in [-0.4, -0.2) is 32.5 Å². The maximum Gasteiger partial charge on any atom is 0.275 e. The number of carbonyl (C=O) groups excluding carboxylic acids is 2. The van der Waals surface area contributed by atoms with Gasteiger partial charge < -0.3 is 15.5 Å². The fourth-order valence-corrected chi connectivity index (χ4v) is 2.86. The Balaban J connectivity index is 1.84. The summed E-state index contributed by atoms with van der Waals surface area (Å²) < 4.78 is 0. The second-order valence-corrected chi connectivity index (χ2v) is 6.86. The fraction of sp³-hybridized carbons (Fsp3) is 0.300. The van der Waals surface area contributed by atoms with E-state index < -0.39 is 0 Å². The molecule has 0 radical (unpaired) electrons. The van der Waals surface area contributed by atoms with Gasteiger partial charge in [-0.05, 0) is 36.8 Å². The lowest BCUT2D eigenvalue weighted by Gasteiger charge is -2.17. The number of halogens is 1. The van der Waals surface area contributed by atoms with Crippen LogP contribution in [0, 0.1) is 0 Å². The number of benzene rings is 2. The van der Waals surface area contributed by atoms with Crippen molar-refractivity contribution in [2.45, 2.75) is 19.5 Å². The van der Waals surface area contributed by atoms with Gasteiger partial charge in [0.25, 0.3) is 11.8 Å². The van der Waals surface area contributed by atoms with Crippen LogP contribution >= 0.6 is 11.6 Å². The zero-order chi connectivity index (χ0) is 19.1. The summed E-state index contributed by atoms with van der Waals surface area (Å²) in [6.07, 6.45) is 0. The Bertz CT molecular complexity index is 745. The molecule has 2 rings (SSSR count). The fourth-order valence-electron chi connectivity index (χ4n) is 2.73. The molecule has 6 heteroatoms. The number of quaternary nitrogens is 1. The van der Waals surface area contributed by atoms with Crippen molar-refractivity contribution in [3.05, 3.63) is 70.2 Å². The van der Waals surface area contributed by atoms with E-state index in [4.69, 9.17) is 11.6 Å². The van der Waals surface area contributed by atoms with E-state index in [0.717, 1.165) is 16.0 Å². The summed E-state index contributed by atoms with van der Waals surface area (Å²) in [6.45, 7) is 3.03. The van der Waals surface area contributed by atoms with E-state index in [1.165, 1.54) is 0 Å². The number of carbonyl (C=O) groups is 2. The average molecular weight is 375 g/mol. The van der Waals surface area contributed by atoms with E-state index in [1.807, 2.05) is 50.4 Å². The van der Waals surface area contributed by atoms with Crippen molar-refractivity contribution in [2.75, 3.05) is 20.6 Å². The first-order chi connectivity index (χ1) is 12.4. The molecular formula is C20H25ClN3O2+. The highest BCUT2D eigenvalue weighted by Gasteiger charge is 2.14. The third-order valence-electron chi connectivity index (χ3n) is 4.16. The summed E-state index contributed by atoms with van der Waals surface area (Å²) in [5.41, 5.74) is 2.72. The van der Waals surface area contributed by atoms with Gasteiger partial charge in [0.15, 0.2) is 6.54 Å². The van der Waals surface area contributed by atoms with Gasteiger partial charge in [-0.2, -0.15) is 0 Å². The summed E-state index contributed by atoms with van der Waals surface area (Å²) >= 11 is 5.89. The largest absolute Gasteiger partial charge is 0.355 e. The van der Waals surface area contributed by atoms with Crippen molar-refractivity contribution in [1.82, 2.24) is 10.6 Å². The maximum absolute atomic E-state index is 12.3. The van der Waals surface area contributed by atoms with Gasteiger partial charge in [0.05, 0.1) is 13.1 Å². The molecule has 0 saturated carbocycles. The first kappa shape index (κ1) is 19.9. The molecule has 0 fully saturated rings. The third-order valence-corrected chi connectivity index (χ3v) is 4.41. The van der Waals surface area contributed by atoms with Gasteiger partial charge >= 0.3 is 0 Å². The van der Waals surface area contributed by atoms with Crippen molar-refractivity contribution in [1.29, 1.82) is 0 Å². The minimum absolute atomic E-state index is 0.00747. The molecule has 2 aromatic rings. The molecule has 2 atom stereocenters. The van der Waals surface area contributed by atoms with E-state index in [1.54, 1.807) is 19.2 Å². The number of likely N-dealkylation sites (N-methyl/N-ethyl adjacent to an activating group) is 1. The molecule has 0 aliphatic heterocycles. The second kappa shape index (κ2) is 9.36. The number of hydrogen-bond donors (Lipinski definition) is 3. The van der Waals surface area contributed by atoms with Crippen LogP contribution in [0.25, 0.3) is 0 Å². The number of rotatable bonds is 7.